The molecule has 1 aromatic carbocycles. The molecule has 1 heterocycles. The molecule has 1 aromatic rings. The lowest BCUT2D eigenvalue weighted by atomic mass is 9.90. The number of hydrogen-bond donors (Lipinski definition) is 3. The SMILES string of the molecule is CC(C)CC[C@H]1C(=O)O[C@H](C)C(NC(=O)c2cccc(NC=O)c2O)C(=O)O[C@@H](C)[C@@H]1OC(=O)C(C)C. The molecule has 1 unspecified atom stereocenters. The molecule has 1 fully saturated rings. The van der Waals surface area contributed by atoms with E-state index in [4.69, 9.17) is 14.2 Å². The molecule has 37 heavy (non-hydrogen) atoms. The maximum Gasteiger partial charge on any atom is 0.332 e. The van der Waals surface area contributed by atoms with Gasteiger partial charge in [0.05, 0.1) is 23.1 Å². The van der Waals surface area contributed by atoms with Gasteiger partial charge in [-0.1, -0.05) is 40.2 Å². The summed E-state index contributed by atoms with van der Waals surface area (Å²) in [6.07, 6.45) is -1.93. The van der Waals surface area contributed by atoms with Crippen LogP contribution in [0.1, 0.15) is 64.7 Å². The Morgan fingerprint density at radius 1 is 1.08 bits per heavy atom. The van der Waals surface area contributed by atoms with Crippen molar-refractivity contribution in [3.05, 3.63) is 23.8 Å². The average molecular weight is 521 g/mol. The molecule has 0 aromatic heterocycles. The second-order valence-corrected chi connectivity index (χ2v) is 9.83. The van der Waals surface area contributed by atoms with Crippen LogP contribution in [-0.4, -0.2) is 59.7 Å². The summed E-state index contributed by atoms with van der Waals surface area (Å²) >= 11 is 0. The molecule has 204 valence electrons. The molecule has 1 aliphatic rings. The normalized spacial score (nSPS) is 24.3. The molecule has 5 atom stereocenters. The Labute approximate surface area is 216 Å². The minimum atomic E-state index is -1.42. The van der Waals surface area contributed by atoms with E-state index in [9.17, 15) is 29.1 Å². The van der Waals surface area contributed by atoms with Gasteiger partial charge in [0, 0.05) is 0 Å². The summed E-state index contributed by atoms with van der Waals surface area (Å²) in [4.78, 5) is 62.5. The van der Waals surface area contributed by atoms with Gasteiger partial charge in [0.15, 0.2) is 17.9 Å². The smallest absolute Gasteiger partial charge is 0.332 e. The molecular weight excluding hydrogens is 484 g/mol. The van der Waals surface area contributed by atoms with Crippen molar-refractivity contribution in [1.29, 1.82) is 0 Å². The van der Waals surface area contributed by atoms with E-state index in [1.54, 1.807) is 13.8 Å². The lowest BCUT2D eigenvalue weighted by Crippen LogP contribution is -2.50. The second kappa shape index (κ2) is 13.1. The fourth-order valence-corrected chi connectivity index (χ4v) is 3.86. The van der Waals surface area contributed by atoms with Gasteiger partial charge in [-0.15, -0.1) is 0 Å². The monoisotopic (exact) mass is 520 g/mol. The molecule has 0 radical (unpaired) electrons. The third-order valence-corrected chi connectivity index (χ3v) is 6.05. The molecule has 1 aliphatic heterocycles. The Morgan fingerprint density at radius 3 is 2.32 bits per heavy atom. The number of esters is 3. The molecule has 2 amide bonds. The predicted octanol–water partition coefficient (Wildman–Crippen LogP) is 2.56. The summed E-state index contributed by atoms with van der Waals surface area (Å²) in [5.41, 5.74) is -0.222. The van der Waals surface area contributed by atoms with Crippen LogP contribution in [0.5, 0.6) is 5.75 Å². The number of rotatable bonds is 9. The highest BCUT2D eigenvalue weighted by Gasteiger charge is 2.44. The number of anilines is 1. The molecule has 11 nitrogen and oxygen atoms in total. The number of phenols is 1. The van der Waals surface area contributed by atoms with Crippen molar-refractivity contribution in [2.45, 2.75) is 78.7 Å². The lowest BCUT2D eigenvalue weighted by Gasteiger charge is -2.30. The maximum absolute atomic E-state index is 13.3. The summed E-state index contributed by atoms with van der Waals surface area (Å²) in [5.74, 6) is -4.61. The highest BCUT2D eigenvalue weighted by atomic mass is 16.6. The molecule has 0 aliphatic carbocycles. The van der Waals surface area contributed by atoms with Crippen LogP contribution in [0.2, 0.25) is 0 Å². The van der Waals surface area contributed by atoms with E-state index >= 15 is 0 Å². The van der Waals surface area contributed by atoms with Crippen LogP contribution < -0.4 is 10.6 Å². The van der Waals surface area contributed by atoms with Gasteiger partial charge in [-0.2, -0.15) is 0 Å². The van der Waals surface area contributed by atoms with Crippen LogP contribution in [-0.2, 0) is 33.4 Å². The Morgan fingerprint density at radius 2 is 1.73 bits per heavy atom. The van der Waals surface area contributed by atoms with Gasteiger partial charge in [-0.25, -0.2) is 4.79 Å². The van der Waals surface area contributed by atoms with E-state index in [2.05, 4.69) is 10.6 Å². The highest BCUT2D eigenvalue weighted by molar-refractivity contribution is 6.01. The van der Waals surface area contributed by atoms with Crippen molar-refractivity contribution in [2.24, 2.45) is 17.8 Å². The van der Waals surface area contributed by atoms with Gasteiger partial charge < -0.3 is 30.0 Å². The zero-order chi connectivity index (χ0) is 27.9. The summed E-state index contributed by atoms with van der Waals surface area (Å²) in [6, 6.07) is 2.69. The quantitative estimate of drug-likeness (QED) is 0.193. The minimum Gasteiger partial charge on any atom is -0.505 e. The van der Waals surface area contributed by atoms with E-state index in [0.717, 1.165) is 0 Å². The van der Waals surface area contributed by atoms with Gasteiger partial charge in [-0.3, -0.25) is 19.2 Å². The first-order valence-corrected chi connectivity index (χ1v) is 12.3. The fourth-order valence-electron chi connectivity index (χ4n) is 3.86. The minimum absolute atomic E-state index is 0.00408. The van der Waals surface area contributed by atoms with Gasteiger partial charge >= 0.3 is 17.9 Å². The number of amides is 2. The number of carbonyl (C=O) groups is 5. The lowest BCUT2D eigenvalue weighted by molar-refractivity contribution is -0.177. The van der Waals surface area contributed by atoms with Gasteiger partial charge in [0.1, 0.15) is 12.2 Å². The molecular formula is C26H36N2O9. The van der Waals surface area contributed by atoms with Crippen molar-refractivity contribution in [1.82, 2.24) is 5.32 Å². The van der Waals surface area contributed by atoms with Crippen LogP contribution in [0, 0.1) is 17.8 Å². The number of ether oxygens (including phenoxy) is 3. The van der Waals surface area contributed by atoms with E-state index < -0.39 is 65.8 Å². The van der Waals surface area contributed by atoms with E-state index in [0.29, 0.717) is 19.3 Å². The molecule has 3 N–H and O–H groups in total. The molecule has 0 bridgehead atoms. The summed E-state index contributed by atoms with van der Waals surface area (Å²) in [7, 11) is 0. The zero-order valence-electron chi connectivity index (χ0n) is 22.0. The second-order valence-electron chi connectivity index (χ2n) is 9.83. The summed E-state index contributed by atoms with van der Waals surface area (Å²) in [6.45, 7) is 10.2. The van der Waals surface area contributed by atoms with E-state index in [-0.39, 0.29) is 17.2 Å². The average Bonchev–Trinajstić information content (AvgIpc) is 2.84. The third-order valence-electron chi connectivity index (χ3n) is 6.05. The molecule has 0 saturated carbocycles. The van der Waals surface area contributed by atoms with Crippen LogP contribution in [0.25, 0.3) is 0 Å². The third kappa shape index (κ3) is 7.68. The van der Waals surface area contributed by atoms with E-state index in [1.165, 1.54) is 32.0 Å². The van der Waals surface area contributed by atoms with Crippen molar-refractivity contribution in [3.63, 3.8) is 0 Å². The number of phenolic OH excluding ortho intramolecular Hbond substituents is 1. The fraction of sp³-hybridized carbons (Fsp3) is 0.577. The molecule has 0 spiro atoms. The van der Waals surface area contributed by atoms with Crippen LogP contribution in [0.3, 0.4) is 0 Å². The maximum atomic E-state index is 13.3. The van der Waals surface area contributed by atoms with Crippen molar-refractivity contribution in [2.75, 3.05) is 5.32 Å². The van der Waals surface area contributed by atoms with Gasteiger partial charge in [0.25, 0.3) is 5.91 Å². The molecule has 11 heteroatoms. The first-order chi connectivity index (χ1) is 17.4. The Bertz CT molecular complexity index is 1010. The number of carbonyl (C=O) groups excluding carboxylic acids is 5. The Hall–Kier alpha value is -3.63. The summed E-state index contributed by atoms with van der Waals surface area (Å²) in [5, 5.41) is 15.1. The number of cyclic esters (lactones) is 2. The molecule has 2 rings (SSSR count). The van der Waals surface area contributed by atoms with Crippen molar-refractivity contribution >= 4 is 35.9 Å². The molecule has 1 saturated heterocycles. The van der Waals surface area contributed by atoms with Gasteiger partial charge in [0.2, 0.25) is 6.41 Å². The Kier molecular flexibility index (Phi) is 10.5. The number of benzene rings is 1. The highest BCUT2D eigenvalue weighted by Crippen LogP contribution is 2.29. The van der Waals surface area contributed by atoms with Crippen LogP contribution in [0.15, 0.2) is 18.2 Å². The van der Waals surface area contributed by atoms with Crippen molar-refractivity contribution < 1.29 is 43.3 Å². The summed E-state index contributed by atoms with van der Waals surface area (Å²) < 4.78 is 16.8. The standard InChI is InChI=1S/C26H36N2O9/c1-13(2)10-11-18-22(37-24(32)14(3)4)16(6)36-26(34)20(15(5)35-25(18)33)28-23(31)17-8-7-9-19(21(17)30)27-12-29/h7-9,12-16,18,20,22,30H,10-11H2,1-6H3,(H,27,29)(H,28,31)/t15-,16+,18-,20?,22+/m1/s1. The van der Waals surface area contributed by atoms with E-state index in [1.807, 2.05) is 13.8 Å². The predicted molar refractivity (Wildman–Crippen MR) is 132 cm³/mol. The number of para-hydroxylation sites is 1. The van der Waals surface area contributed by atoms with Gasteiger partial charge in [-0.05, 0) is 38.3 Å². The number of nitrogens with one attached hydrogen (secondary N) is 2. The largest absolute Gasteiger partial charge is 0.505 e. The zero-order valence-corrected chi connectivity index (χ0v) is 22.0. The Balaban J connectivity index is 2.37. The topological polar surface area (TPSA) is 157 Å². The number of aromatic hydroxyl groups is 1. The first kappa shape index (κ1) is 29.6. The first-order valence-electron chi connectivity index (χ1n) is 12.3. The van der Waals surface area contributed by atoms with Crippen LogP contribution >= 0.6 is 0 Å². The van der Waals surface area contributed by atoms with Crippen LogP contribution in [0.4, 0.5) is 5.69 Å². The number of hydrogen-bond acceptors (Lipinski definition) is 9. The van der Waals surface area contributed by atoms with Crippen molar-refractivity contribution in [3.8, 4) is 5.75 Å².